The van der Waals surface area contributed by atoms with Gasteiger partial charge >= 0.3 is 5.97 Å². The summed E-state index contributed by atoms with van der Waals surface area (Å²) in [6, 6.07) is 5.34. The molecule has 0 fully saturated rings. The first-order valence-electron chi connectivity index (χ1n) is 4.47. The lowest BCUT2D eigenvalue weighted by Gasteiger charge is -2.22. The SMILES string of the molecule is COc1cccc(C(C)(C)C(=O)O)c1Br. The van der Waals surface area contributed by atoms with Crippen LogP contribution in [0.15, 0.2) is 22.7 Å². The maximum Gasteiger partial charge on any atom is 0.313 e. The van der Waals surface area contributed by atoms with Gasteiger partial charge in [0, 0.05) is 0 Å². The Kier molecular flexibility index (Phi) is 3.39. The molecule has 1 aromatic carbocycles. The molecular formula is C11H13BrO3. The highest BCUT2D eigenvalue weighted by atomic mass is 79.9. The van der Waals surface area contributed by atoms with Gasteiger partial charge in [-0.15, -0.1) is 0 Å². The summed E-state index contributed by atoms with van der Waals surface area (Å²) in [5.41, 5.74) is -0.234. The molecule has 15 heavy (non-hydrogen) atoms. The van der Waals surface area contributed by atoms with Gasteiger partial charge in [-0.3, -0.25) is 4.79 Å². The van der Waals surface area contributed by atoms with E-state index in [-0.39, 0.29) is 0 Å². The highest BCUT2D eigenvalue weighted by Gasteiger charge is 2.32. The van der Waals surface area contributed by atoms with Crippen molar-refractivity contribution >= 4 is 21.9 Å². The van der Waals surface area contributed by atoms with Gasteiger partial charge in [0.25, 0.3) is 0 Å². The van der Waals surface area contributed by atoms with Crippen molar-refractivity contribution in [2.24, 2.45) is 0 Å². The zero-order valence-electron chi connectivity index (χ0n) is 8.87. The zero-order chi connectivity index (χ0) is 11.6. The van der Waals surface area contributed by atoms with Gasteiger partial charge in [-0.2, -0.15) is 0 Å². The molecule has 0 saturated carbocycles. The number of halogens is 1. The lowest BCUT2D eigenvalue weighted by Crippen LogP contribution is -2.28. The smallest absolute Gasteiger partial charge is 0.313 e. The van der Waals surface area contributed by atoms with Gasteiger partial charge in [-0.05, 0) is 41.4 Å². The number of ether oxygens (including phenoxy) is 1. The number of hydrogen-bond acceptors (Lipinski definition) is 2. The number of carbonyl (C=O) groups is 1. The third-order valence-corrected chi connectivity index (χ3v) is 3.21. The van der Waals surface area contributed by atoms with Crippen LogP contribution in [0.3, 0.4) is 0 Å². The van der Waals surface area contributed by atoms with Crippen molar-refractivity contribution in [1.82, 2.24) is 0 Å². The second-order valence-electron chi connectivity index (χ2n) is 3.75. The fraction of sp³-hybridized carbons (Fsp3) is 0.364. The Morgan fingerprint density at radius 3 is 2.53 bits per heavy atom. The molecule has 0 aliphatic heterocycles. The van der Waals surface area contributed by atoms with E-state index >= 15 is 0 Å². The predicted octanol–water partition coefficient (Wildman–Crippen LogP) is 2.82. The van der Waals surface area contributed by atoms with E-state index in [2.05, 4.69) is 15.9 Å². The standard InChI is InChI=1S/C11H13BrO3/c1-11(2,10(13)14)7-5-4-6-8(15-3)9(7)12/h4-6H,1-3H3,(H,13,14). The van der Waals surface area contributed by atoms with E-state index in [1.54, 1.807) is 39.2 Å². The van der Waals surface area contributed by atoms with Crippen LogP contribution in [0.5, 0.6) is 5.75 Å². The molecule has 1 rings (SSSR count). The van der Waals surface area contributed by atoms with Crippen molar-refractivity contribution in [1.29, 1.82) is 0 Å². The fourth-order valence-electron chi connectivity index (χ4n) is 1.27. The molecule has 3 nitrogen and oxygen atoms in total. The molecular weight excluding hydrogens is 260 g/mol. The first-order chi connectivity index (χ1) is 6.91. The zero-order valence-corrected chi connectivity index (χ0v) is 10.5. The molecule has 0 unspecified atom stereocenters. The van der Waals surface area contributed by atoms with E-state index in [0.29, 0.717) is 15.8 Å². The van der Waals surface area contributed by atoms with Gasteiger partial charge in [0.1, 0.15) is 5.75 Å². The van der Waals surface area contributed by atoms with Crippen LogP contribution in [0.4, 0.5) is 0 Å². The van der Waals surface area contributed by atoms with E-state index in [1.807, 2.05) is 0 Å². The minimum Gasteiger partial charge on any atom is -0.496 e. The molecule has 0 aliphatic rings. The van der Waals surface area contributed by atoms with E-state index < -0.39 is 11.4 Å². The average molecular weight is 273 g/mol. The van der Waals surface area contributed by atoms with Crippen LogP contribution in [-0.4, -0.2) is 18.2 Å². The van der Waals surface area contributed by atoms with Crippen LogP contribution >= 0.6 is 15.9 Å². The van der Waals surface area contributed by atoms with Crippen LogP contribution in [0.1, 0.15) is 19.4 Å². The number of carboxylic acids is 1. The Bertz CT molecular complexity index is 385. The van der Waals surface area contributed by atoms with E-state index in [1.165, 1.54) is 0 Å². The number of aliphatic carboxylic acids is 1. The summed E-state index contributed by atoms with van der Waals surface area (Å²) in [5.74, 6) is -0.224. The lowest BCUT2D eigenvalue weighted by atomic mass is 9.85. The average Bonchev–Trinajstić information content (AvgIpc) is 2.17. The molecule has 1 aromatic rings. The normalized spacial score (nSPS) is 11.2. The van der Waals surface area contributed by atoms with Gasteiger partial charge < -0.3 is 9.84 Å². The van der Waals surface area contributed by atoms with E-state index in [0.717, 1.165) is 0 Å². The molecule has 4 heteroatoms. The Hall–Kier alpha value is -1.03. The molecule has 0 saturated heterocycles. The Labute approximate surface area is 97.2 Å². The molecule has 0 aromatic heterocycles. The van der Waals surface area contributed by atoms with Crippen molar-refractivity contribution in [3.63, 3.8) is 0 Å². The fourth-order valence-corrected chi connectivity index (χ4v) is 2.19. The summed E-state index contributed by atoms with van der Waals surface area (Å²) in [6.07, 6.45) is 0. The number of methoxy groups -OCH3 is 1. The van der Waals surface area contributed by atoms with Crippen molar-refractivity contribution in [3.05, 3.63) is 28.2 Å². The first-order valence-corrected chi connectivity index (χ1v) is 5.27. The largest absolute Gasteiger partial charge is 0.496 e. The van der Waals surface area contributed by atoms with Crippen molar-refractivity contribution in [2.75, 3.05) is 7.11 Å². The summed E-state index contributed by atoms with van der Waals surface area (Å²) < 4.78 is 5.82. The quantitative estimate of drug-likeness (QED) is 0.921. The summed E-state index contributed by atoms with van der Waals surface area (Å²) in [6.45, 7) is 3.32. The molecule has 0 amide bonds. The van der Waals surface area contributed by atoms with E-state index in [4.69, 9.17) is 9.84 Å². The highest BCUT2D eigenvalue weighted by molar-refractivity contribution is 9.10. The summed E-state index contributed by atoms with van der Waals surface area (Å²) >= 11 is 3.36. The monoisotopic (exact) mass is 272 g/mol. The van der Waals surface area contributed by atoms with Crippen LogP contribution < -0.4 is 4.74 Å². The van der Waals surface area contributed by atoms with Crippen molar-refractivity contribution in [2.45, 2.75) is 19.3 Å². The summed E-state index contributed by atoms with van der Waals surface area (Å²) in [5, 5.41) is 9.12. The highest BCUT2D eigenvalue weighted by Crippen LogP contribution is 2.36. The number of hydrogen-bond donors (Lipinski definition) is 1. The predicted molar refractivity (Wildman–Crippen MR) is 61.4 cm³/mol. The third kappa shape index (κ3) is 2.15. The maximum atomic E-state index is 11.1. The summed E-state index contributed by atoms with van der Waals surface area (Å²) in [4.78, 5) is 11.1. The molecule has 0 bridgehead atoms. The molecule has 82 valence electrons. The molecule has 0 aliphatic carbocycles. The van der Waals surface area contributed by atoms with Crippen LogP contribution in [0.25, 0.3) is 0 Å². The van der Waals surface area contributed by atoms with Crippen LogP contribution in [0.2, 0.25) is 0 Å². The Morgan fingerprint density at radius 1 is 1.47 bits per heavy atom. The first kappa shape index (κ1) is 12.0. The number of benzene rings is 1. The molecule has 0 atom stereocenters. The topological polar surface area (TPSA) is 46.5 Å². The molecule has 1 N–H and O–H groups in total. The van der Waals surface area contributed by atoms with Crippen molar-refractivity contribution < 1.29 is 14.6 Å². The number of rotatable bonds is 3. The van der Waals surface area contributed by atoms with Gasteiger partial charge in [0.05, 0.1) is 17.0 Å². The van der Waals surface area contributed by atoms with Gasteiger partial charge in [0.15, 0.2) is 0 Å². The maximum absolute atomic E-state index is 11.1. The third-order valence-electron chi connectivity index (χ3n) is 2.39. The van der Waals surface area contributed by atoms with Gasteiger partial charge in [-0.25, -0.2) is 0 Å². The Morgan fingerprint density at radius 2 is 2.07 bits per heavy atom. The molecule has 0 spiro atoms. The lowest BCUT2D eigenvalue weighted by molar-refractivity contribution is -0.142. The molecule has 0 heterocycles. The van der Waals surface area contributed by atoms with Gasteiger partial charge in [-0.1, -0.05) is 12.1 Å². The van der Waals surface area contributed by atoms with Crippen molar-refractivity contribution in [3.8, 4) is 5.75 Å². The second-order valence-corrected chi connectivity index (χ2v) is 4.54. The molecule has 0 radical (unpaired) electrons. The van der Waals surface area contributed by atoms with Gasteiger partial charge in [0.2, 0.25) is 0 Å². The van der Waals surface area contributed by atoms with E-state index in [9.17, 15) is 4.79 Å². The minimum absolute atomic E-state index is 0.641. The number of carboxylic acid groups (broad SMARTS) is 1. The van der Waals surface area contributed by atoms with Crippen LogP contribution in [0, 0.1) is 0 Å². The second kappa shape index (κ2) is 4.23. The Balaban J connectivity index is 3.32. The summed E-state index contributed by atoms with van der Waals surface area (Å²) in [7, 11) is 1.55. The minimum atomic E-state index is -0.937. The van der Waals surface area contributed by atoms with Crippen LogP contribution in [-0.2, 0) is 10.2 Å².